The fourth-order valence-corrected chi connectivity index (χ4v) is 4.16. The molecule has 1 aliphatic carbocycles. The number of nitrogens with one attached hydrogen (secondary N) is 1. The predicted molar refractivity (Wildman–Crippen MR) is 114 cm³/mol. The number of aromatic nitrogens is 3. The number of fused-ring (bicyclic) bond motifs is 1. The van der Waals surface area contributed by atoms with E-state index in [2.05, 4.69) is 21.4 Å². The first-order valence-electron chi connectivity index (χ1n) is 10.1. The van der Waals surface area contributed by atoms with E-state index in [0.29, 0.717) is 41.1 Å². The summed E-state index contributed by atoms with van der Waals surface area (Å²) in [6, 6.07) is 8.64. The van der Waals surface area contributed by atoms with Crippen molar-refractivity contribution in [3.8, 4) is 6.07 Å². The van der Waals surface area contributed by atoms with Crippen LogP contribution in [0.15, 0.2) is 29.1 Å². The van der Waals surface area contributed by atoms with Gasteiger partial charge in [0, 0.05) is 18.3 Å². The SMILES string of the molecule is Cc1nc(N[C@H](C)c2cccc(C(F)F)c2C)c2cc(C3(C#N)CC3)n(C)c(=O)c2n1. The molecule has 0 bridgehead atoms. The largest absolute Gasteiger partial charge is 0.363 e. The predicted octanol–water partition coefficient (Wildman–Crippen LogP) is 4.61. The number of rotatable bonds is 5. The van der Waals surface area contributed by atoms with E-state index in [-0.39, 0.29) is 22.7 Å². The second kappa shape index (κ2) is 7.41. The Bertz CT molecular complexity index is 1290. The fraction of sp³-hybridized carbons (Fsp3) is 0.391. The molecule has 1 fully saturated rings. The summed E-state index contributed by atoms with van der Waals surface area (Å²) >= 11 is 0. The topological polar surface area (TPSA) is 83.6 Å². The van der Waals surface area contributed by atoms with Crippen molar-refractivity contribution in [2.24, 2.45) is 7.05 Å². The molecule has 1 aromatic carbocycles. The van der Waals surface area contributed by atoms with Crippen LogP contribution in [0, 0.1) is 25.2 Å². The summed E-state index contributed by atoms with van der Waals surface area (Å²) < 4.78 is 28.2. The third-order valence-electron chi connectivity index (χ3n) is 6.13. The minimum atomic E-state index is -2.56. The molecule has 0 radical (unpaired) electrons. The van der Waals surface area contributed by atoms with E-state index in [1.54, 1.807) is 33.0 Å². The first-order chi connectivity index (χ1) is 14.7. The number of nitriles is 1. The van der Waals surface area contributed by atoms with Crippen LogP contribution in [0.5, 0.6) is 0 Å². The average Bonchev–Trinajstić information content (AvgIpc) is 3.52. The van der Waals surface area contributed by atoms with Crippen LogP contribution in [-0.2, 0) is 12.5 Å². The highest BCUT2D eigenvalue weighted by molar-refractivity contribution is 5.89. The molecule has 0 unspecified atom stereocenters. The van der Waals surface area contributed by atoms with Crippen molar-refractivity contribution in [2.45, 2.75) is 51.5 Å². The molecular formula is C23H23F2N5O. The Hall–Kier alpha value is -3.34. The molecule has 1 aliphatic rings. The molecule has 31 heavy (non-hydrogen) atoms. The lowest BCUT2D eigenvalue weighted by atomic mass is 9.97. The van der Waals surface area contributed by atoms with Gasteiger partial charge in [0.05, 0.1) is 22.9 Å². The molecule has 6 nitrogen and oxygen atoms in total. The summed E-state index contributed by atoms with van der Waals surface area (Å²) in [5.74, 6) is 0.871. The van der Waals surface area contributed by atoms with Crippen LogP contribution in [0.3, 0.4) is 0 Å². The lowest BCUT2D eigenvalue weighted by Gasteiger charge is -2.21. The lowest BCUT2D eigenvalue weighted by Crippen LogP contribution is -2.26. The van der Waals surface area contributed by atoms with E-state index >= 15 is 0 Å². The van der Waals surface area contributed by atoms with Crippen LogP contribution in [0.4, 0.5) is 14.6 Å². The van der Waals surface area contributed by atoms with E-state index < -0.39 is 11.8 Å². The van der Waals surface area contributed by atoms with Gasteiger partial charge in [0.2, 0.25) is 0 Å². The summed E-state index contributed by atoms with van der Waals surface area (Å²) in [7, 11) is 1.65. The van der Waals surface area contributed by atoms with Crippen LogP contribution < -0.4 is 10.9 Å². The van der Waals surface area contributed by atoms with Gasteiger partial charge < -0.3 is 9.88 Å². The van der Waals surface area contributed by atoms with Crippen LogP contribution >= 0.6 is 0 Å². The molecule has 0 spiro atoms. The average molecular weight is 423 g/mol. The minimum Gasteiger partial charge on any atom is -0.363 e. The first kappa shape index (κ1) is 20.9. The normalized spacial score (nSPS) is 15.7. The number of anilines is 1. The van der Waals surface area contributed by atoms with Crippen LogP contribution in [0.25, 0.3) is 10.9 Å². The third kappa shape index (κ3) is 3.44. The van der Waals surface area contributed by atoms with Gasteiger partial charge in [-0.05, 0) is 50.8 Å². The molecule has 0 saturated heterocycles. The number of aryl methyl sites for hydroxylation is 1. The molecule has 2 heterocycles. The maximum atomic E-state index is 13.3. The van der Waals surface area contributed by atoms with Crippen molar-refractivity contribution in [1.29, 1.82) is 5.26 Å². The third-order valence-corrected chi connectivity index (χ3v) is 6.13. The van der Waals surface area contributed by atoms with Crippen molar-refractivity contribution in [2.75, 3.05) is 5.32 Å². The Labute approximate surface area is 178 Å². The van der Waals surface area contributed by atoms with Crippen molar-refractivity contribution < 1.29 is 8.78 Å². The lowest BCUT2D eigenvalue weighted by molar-refractivity contribution is 0.150. The summed E-state index contributed by atoms with van der Waals surface area (Å²) in [6.07, 6.45) is -1.15. The van der Waals surface area contributed by atoms with Crippen molar-refractivity contribution in [3.05, 3.63) is 62.8 Å². The highest BCUT2D eigenvalue weighted by Crippen LogP contribution is 2.47. The Morgan fingerprint density at radius 3 is 2.52 bits per heavy atom. The number of pyridine rings is 1. The van der Waals surface area contributed by atoms with E-state index in [0.717, 1.165) is 5.56 Å². The second-order valence-corrected chi connectivity index (χ2v) is 8.20. The number of halogens is 2. The van der Waals surface area contributed by atoms with Crippen LogP contribution in [0.2, 0.25) is 0 Å². The molecular weight excluding hydrogens is 400 g/mol. The summed E-state index contributed by atoms with van der Waals surface area (Å²) in [5.41, 5.74) is 1.21. The smallest absolute Gasteiger partial charge is 0.277 e. The number of nitrogens with zero attached hydrogens (tertiary/aromatic N) is 4. The molecule has 2 aromatic heterocycles. The number of benzene rings is 1. The van der Waals surface area contributed by atoms with E-state index in [9.17, 15) is 18.8 Å². The van der Waals surface area contributed by atoms with Crippen LogP contribution in [0.1, 0.15) is 60.4 Å². The zero-order valence-electron chi connectivity index (χ0n) is 17.8. The fourth-order valence-electron chi connectivity index (χ4n) is 4.16. The van der Waals surface area contributed by atoms with Gasteiger partial charge >= 0.3 is 0 Å². The van der Waals surface area contributed by atoms with E-state index in [1.165, 1.54) is 10.6 Å². The molecule has 3 aromatic rings. The summed E-state index contributed by atoms with van der Waals surface area (Å²) in [5, 5.41) is 13.4. The first-order valence-corrected chi connectivity index (χ1v) is 10.1. The number of hydrogen-bond acceptors (Lipinski definition) is 5. The summed E-state index contributed by atoms with van der Waals surface area (Å²) in [6.45, 7) is 5.24. The van der Waals surface area contributed by atoms with Gasteiger partial charge in [-0.1, -0.05) is 18.2 Å². The van der Waals surface area contributed by atoms with Gasteiger partial charge in [0.1, 0.15) is 17.2 Å². The van der Waals surface area contributed by atoms with Gasteiger partial charge in [-0.25, -0.2) is 18.7 Å². The Morgan fingerprint density at radius 2 is 1.90 bits per heavy atom. The zero-order chi connectivity index (χ0) is 22.5. The molecule has 0 amide bonds. The Kier molecular flexibility index (Phi) is 5.00. The quantitative estimate of drug-likeness (QED) is 0.648. The Morgan fingerprint density at radius 1 is 1.23 bits per heavy atom. The monoisotopic (exact) mass is 423 g/mol. The second-order valence-electron chi connectivity index (χ2n) is 8.20. The highest BCUT2D eigenvalue weighted by Gasteiger charge is 2.47. The van der Waals surface area contributed by atoms with Crippen LogP contribution in [-0.4, -0.2) is 14.5 Å². The molecule has 4 rings (SSSR count). The summed E-state index contributed by atoms with van der Waals surface area (Å²) in [4.78, 5) is 21.9. The molecule has 0 aliphatic heterocycles. The maximum Gasteiger partial charge on any atom is 0.277 e. The number of hydrogen-bond donors (Lipinski definition) is 1. The van der Waals surface area contributed by atoms with Gasteiger partial charge in [-0.3, -0.25) is 4.79 Å². The van der Waals surface area contributed by atoms with E-state index in [1.807, 2.05) is 13.0 Å². The standard InChI is InChI=1S/C23H23F2N5O/c1-12-15(6-5-7-16(12)20(24)25)13(2)27-21-17-10-18(23(11-26)8-9-23)30(4)22(31)19(17)28-14(3)29-21/h5-7,10,13,20H,8-9H2,1-4H3,(H,27,28,29)/t13-/m1/s1. The molecule has 160 valence electrons. The van der Waals surface area contributed by atoms with Crippen molar-refractivity contribution in [1.82, 2.24) is 14.5 Å². The highest BCUT2D eigenvalue weighted by atomic mass is 19.3. The van der Waals surface area contributed by atoms with Gasteiger partial charge in [0.25, 0.3) is 12.0 Å². The van der Waals surface area contributed by atoms with E-state index in [4.69, 9.17) is 0 Å². The van der Waals surface area contributed by atoms with Crippen molar-refractivity contribution >= 4 is 16.7 Å². The molecule has 8 heteroatoms. The zero-order valence-corrected chi connectivity index (χ0v) is 17.8. The van der Waals surface area contributed by atoms with Gasteiger partial charge in [-0.2, -0.15) is 5.26 Å². The molecule has 1 N–H and O–H groups in total. The molecule has 1 saturated carbocycles. The van der Waals surface area contributed by atoms with Gasteiger partial charge in [0.15, 0.2) is 0 Å². The van der Waals surface area contributed by atoms with Gasteiger partial charge in [-0.15, -0.1) is 0 Å². The van der Waals surface area contributed by atoms with Crippen molar-refractivity contribution in [3.63, 3.8) is 0 Å². The Balaban J connectivity index is 1.84. The minimum absolute atomic E-state index is 0.00396. The number of alkyl halides is 2. The maximum absolute atomic E-state index is 13.3. The molecule has 1 atom stereocenters.